The SMILES string of the molecule is C=Cc1c(C)c2cc3nc(c(CC(=O)[O-])c4nc(cc5[nH]c(cc1[nH]2)c(C)c5CC)C(C)=C4C(=O)O)[C@@H](CCC(=O)[O-])[C@@H]3C.[Cu+2]. The Morgan fingerprint density at radius 3 is 2.22 bits per heavy atom. The molecule has 0 spiro atoms. The minimum absolute atomic E-state index is 0. The summed E-state index contributed by atoms with van der Waals surface area (Å²) in [7, 11) is 0. The summed E-state index contributed by atoms with van der Waals surface area (Å²) in [5.41, 5.74) is 8.74. The fraction of sp³-hybridized carbons (Fsp3) is 0.324. The molecule has 0 unspecified atom stereocenters. The number of carboxylic acids is 3. The van der Waals surface area contributed by atoms with Crippen LogP contribution in [0.1, 0.15) is 96.0 Å². The zero-order chi connectivity index (χ0) is 32.0. The fourth-order valence-electron chi connectivity index (χ4n) is 6.51. The number of aromatic nitrogens is 4. The largest absolute Gasteiger partial charge is 2.00 e. The molecule has 3 aromatic rings. The normalized spacial score (nSPS) is 15.9. The van der Waals surface area contributed by atoms with Crippen molar-refractivity contribution in [2.75, 3.05) is 0 Å². The maximum atomic E-state index is 12.7. The first kappa shape index (κ1) is 33.4. The van der Waals surface area contributed by atoms with E-state index in [1.807, 2.05) is 39.8 Å². The Morgan fingerprint density at radius 2 is 1.62 bits per heavy atom. The molecular formula is C34H34CuN4O6. The Hall–Kier alpha value is -4.47. The molecule has 0 aromatic carbocycles. The van der Waals surface area contributed by atoms with Crippen LogP contribution >= 0.6 is 0 Å². The Bertz CT molecular complexity index is 1950. The molecule has 2 aliphatic rings. The van der Waals surface area contributed by atoms with E-state index >= 15 is 0 Å². The summed E-state index contributed by atoms with van der Waals surface area (Å²) in [5.74, 6) is -4.80. The standard InChI is InChI=1S/C34H36N4O6.Cu/c1-7-19-15(3)23-12-25-17(5)21(9-10-29(39)40)32(37-25)22(11-30(41)42)33-31(34(43)44)18(6)26(38-33)14-28-20(8-2)16(4)24(36-28)13-27(19)35-23;/h7,12-14,17,21,35-36H,1,8-11H2,2-6H3,(H,39,40)(H,41,42)(H,43,44);/q;+2/p-2/t17-,21-;/m0./s1. The van der Waals surface area contributed by atoms with Gasteiger partial charge in [0.2, 0.25) is 0 Å². The van der Waals surface area contributed by atoms with Crippen LogP contribution in [-0.4, -0.2) is 43.0 Å². The van der Waals surface area contributed by atoms with E-state index in [1.165, 1.54) is 0 Å². The molecule has 8 bridgehead atoms. The maximum Gasteiger partial charge on any atom is 2.00 e. The summed E-state index contributed by atoms with van der Waals surface area (Å²) in [6.07, 6.45) is 1.67. The minimum atomic E-state index is -1.43. The summed E-state index contributed by atoms with van der Waals surface area (Å²) in [6.45, 7) is 13.6. The average Bonchev–Trinajstić information content (AvgIpc) is 3.63. The van der Waals surface area contributed by atoms with Gasteiger partial charge in [-0.05, 0) is 80.5 Å². The second kappa shape index (κ2) is 12.9. The van der Waals surface area contributed by atoms with Crippen LogP contribution in [0.2, 0.25) is 0 Å². The number of carbonyl (C=O) groups is 3. The number of aliphatic carboxylic acids is 3. The number of carbonyl (C=O) groups excluding carboxylic acids is 2. The van der Waals surface area contributed by atoms with Gasteiger partial charge in [-0.15, -0.1) is 0 Å². The molecule has 45 heavy (non-hydrogen) atoms. The molecule has 0 saturated heterocycles. The number of rotatable bonds is 8. The van der Waals surface area contributed by atoms with E-state index in [0.29, 0.717) is 29.1 Å². The number of H-pyrrole nitrogens is 2. The summed E-state index contributed by atoms with van der Waals surface area (Å²) in [6, 6.07) is 5.68. The van der Waals surface area contributed by atoms with Crippen LogP contribution in [0.5, 0.6) is 0 Å². The van der Waals surface area contributed by atoms with Crippen molar-refractivity contribution in [3.05, 3.63) is 75.4 Å². The van der Waals surface area contributed by atoms with Gasteiger partial charge >= 0.3 is 23.0 Å². The summed E-state index contributed by atoms with van der Waals surface area (Å²) < 4.78 is 0. The molecule has 5 heterocycles. The van der Waals surface area contributed by atoms with Gasteiger partial charge in [-0.25, -0.2) is 9.78 Å². The van der Waals surface area contributed by atoms with E-state index in [4.69, 9.17) is 9.97 Å². The van der Waals surface area contributed by atoms with Gasteiger partial charge in [0, 0.05) is 69.1 Å². The van der Waals surface area contributed by atoms with Gasteiger partial charge in [-0.3, -0.25) is 4.98 Å². The van der Waals surface area contributed by atoms with Crippen molar-refractivity contribution in [2.45, 2.75) is 72.1 Å². The molecule has 2 aliphatic heterocycles. The predicted molar refractivity (Wildman–Crippen MR) is 164 cm³/mol. The number of hydrogen-bond donors (Lipinski definition) is 3. The number of nitrogens with one attached hydrogen (secondary N) is 2. The van der Waals surface area contributed by atoms with Crippen LogP contribution in [0.4, 0.5) is 0 Å². The van der Waals surface area contributed by atoms with Gasteiger partial charge in [-0.2, -0.15) is 0 Å². The first-order valence-corrected chi connectivity index (χ1v) is 14.6. The van der Waals surface area contributed by atoms with E-state index in [-0.39, 0.29) is 52.7 Å². The van der Waals surface area contributed by atoms with Crippen molar-refractivity contribution >= 4 is 57.2 Å². The molecule has 3 N–H and O–H groups in total. The molecular weight excluding hydrogens is 624 g/mol. The van der Waals surface area contributed by atoms with Crippen LogP contribution in [0.25, 0.3) is 39.3 Å². The van der Waals surface area contributed by atoms with Crippen molar-refractivity contribution < 1.29 is 46.8 Å². The van der Waals surface area contributed by atoms with Gasteiger partial charge in [-0.1, -0.05) is 26.5 Å². The Kier molecular flexibility index (Phi) is 9.56. The number of allylic oxidation sites excluding steroid dienone is 1. The van der Waals surface area contributed by atoms with Gasteiger partial charge in [0.05, 0.1) is 22.7 Å². The van der Waals surface area contributed by atoms with Gasteiger partial charge in [0.1, 0.15) is 0 Å². The van der Waals surface area contributed by atoms with Crippen molar-refractivity contribution in [1.82, 2.24) is 19.9 Å². The summed E-state index contributed by atoms with van der Waals surface area (Å²) in [5, 5.41) is 34.0. The van der Waals surface area contributed by atoms with Crippen LogP contribution in [0.15, 0.2) is 24.8 Å². The molecule has 0 fully saturated rings. The zero-order valence-electron chi connectivity index (χ0n) is 25.7. The Balaban J connectivity index is 0.00000461. The minimum Gasteiger partial charge on any atom is -0.550 e. The molecule has 10 nitrogen and oxygen atoms in total. The number of hydrogen-bond acceptors (Lipinski definition) is 7. The number of fused-ring (bicyclic) bond motifs is 8. The number of carboxylic acid groups (broad SMARTS) is 3. The molecule has 5 rings (SSSR count). The Morgan fingerprint density at radius 1 is 0.956 bits per heavy atom. The smallest absolute Gasteiger partial charge is 0.550 e. The monoisotopic (exact) mass is 657 g/mol. The maximum absolute atomic E-state index is 12.7. The zero-order valence-corrected chi connectivity index (χ0v) is 26.6. The number of aryl methyl sites for hydroxylation is 3. The summed E-state index contributed by atoms with van der Waals surface area (Å²) >= 11 is 0. The molecule has 11 heteroatoms. The fourth-order valence-corrected chi connectivity index (χ4v) is 6.51. The van der Waals surface area contributed by atoms with Crippen LogP contribution in [0.3, 0.4) is 0 Å². The Labute approximate surface area is 270 Å². The van der Waals surface area contributed by atoms with E-state index in [2.05, 4.69) is 16.5 Å². The van der Waals surface area contributed by atoms with Crippen LogP contribution in [0, 0.1) is 13.8 Å². The van der Waals surface area contributed by atoms with Gasteiger partial charge in [0.15, 0.2) is 0 Å². The predicted octanol–water partition coefficient (Wildman–Crippen LogP) is 3.86. The molecule has 3 aromatic heterocycles. The van der Waals surface area contributed by atoms with E-state index in [1.54, 1.807) is 19.1 Å². The van der Waals surface area contributed by atoms with Crippen molar-refractivity contribution in [3.8, 4) is 0 Å². The molecule has 2 atom stereocenters. The number of nitrogens with zero attached hydrogens (tertiary/aromatic N) is 2. The van der Waals surface area contributed by atoms with E-state index in [0.717, 1.165) is 44.3 Å². The molecule has 0 aliphatic carbocycles. The molecule has 0 amide bonds. The third-order valence-corrected chi connectivity index (χ3v) is 8.93. The average molecular weight is 658 g/mol. The third kappa shape index (κ3) is 5.98. The molecule has 1 radical (unpaired) electrons. The first-order valence-electron chi connectivity index (χ1n) is 14.6. The topological polar surface area (TPSA) is 175 Å². The first-order chi connectivity index (χ1) is 20.9. The van der Waals surface area contributed by atoms with Crippen molar-refractivity contribution in [1.29, 1.82) is 0 Å². The van der Waals surface area contributed by atoms with Gasteiger partial charge in [0.25, 0.3) is 0 Å². The quantitative estimate of drug-likeness (QED) is 0.306. The molecule has 237 valence electrons. The number of aromatic amines is 2. The third-order valence-electron chi connectivity index (χ3n) is 8.93. The van der Waals surface area contributed by atoms with Crippen molar-refractivity contribution in [2.24, 2.45) is 0 Å². The van der Waals surface area contributed by atoms with Crippen LogP contribution in [-0.2, 0) is 44.3 Å². The second-order valence-electron chi connectivity index (χ2n) is 11.4. The van der Waals surface area contributed by atoms with E-state index < -0.39 is 30.2 Å². The van der Waals surface area contributed by atoms with Gasteiger partial charge < -0.3 is 34.9 Å². The summed E-state index contributed by atoms with van der Waals surface area (Å²) in [4.78, 5) is 52.8. The van der Waals surface area contributed by atoms with Crippen LogP contribution < -0.4 is 10.2 Å². The van der Waals surface area contributed by atoms with E-state index in [9.17, 15) is 29.7 Å². The van der Waals surface area contributed by atoms with Crippen molar-refractivity contribution in [3.63, 3.8) is 0 Å². The molecule has 0 saturated carbocycles. The second-order valence-corrected chi connectivity index (χ2v) is 11.4.